The van der Waals surface area contributed by atoms with Gasteiger partial charge in [-0.05, 0) is 11.5 Å². The number of rotatable bonds is 2. The zero-order valence-electron chi connectivity index (χ0n) is 11.7. The Kier molecular flexibility index (Phi) is 3.67. The van der Waals surface area contributed by atoms with Gasteiger partial charge >= 0.3 is 11.8 Å². The van der Waals surface area contributed by atoms with Crippen molar-refractivity contribution >= 4 is 33.5 Å². The third-order valence-corrected chi connectivity index (χ3v) is 3.44. The number of benzene rings is 2. The maximum absolute atomic E-state index is 11.5. The summed E-state index contributed by atoms with van der Waals surface area (Å²) in [6, 6.07) is 15.6. The van der Waals surface area contributed by atoms with Gasteiger partial charge in [0, 0.05) is 10.8 Å². The molecule has 0 radical (unpaired) electrons. The van der Waals surface area contributed by atoms with Crippen LogP contribution in [-0.4, -0.2) is 16.8 Å². The summed E-state index contributed by atoms with van der Waals surface area (Å²) in [7, 11) is 0. The molecule has 110 valence electrons. The number of hydrogen-bond acceptors (Lipinski definition) is 4. The second-order valence-corrected chi connectivity index (χ2v) is 4.78. The van der Waals surface area contributed by atoms with Crippen molar-refractivity contribution in [2.45, 2.75) is 6.54 Å². The van der Waals surface area contributed by atoms with E-state index < -0.39 is 11.8 Å². The molecule has 0 saturated heterocycles. The van der Waals surface area contributed by atoms with Crippen LogP contribution in [0.25, 0.3) is 21.7 Å². The molecule has 0 aliphatic heterocycles. The van der Waals surface area contributed by atoms with Crippen LogP contribution < -0.4 is 16.6 Å². The Morgan fingerprint density at radius 3 is 2.27 bits per heavy atom. The van der Waals surface area contributed by atoms with Crippen LogP contribution in [0.1, 0.15) is 5.69 Å². The van der Waals surface area contributed by atoms with Crippen molar-refractivity contribution in [2.75, 3.05) is 0 Å². The first-order valence-corrected chi connectivity index (χ1v) is 6.76. The summed E-state index contributed by atoms with van der Waals surface area (Å²) in [5.41, 5.74) is 3.34. The summed E-state index contributed by atoms with van der Waals surface area (Å²) in [4.78, 5) is 27.2. The minimum absolute atomic E-state index is 0.150. The highest BCUT2D eigenvalue weighted by atomic mass is 16.2. The first kappa shape index (κ1) is 14.0. The molecule has 22 heavy (non-hydrogen) atoms. The van der Waals surface area contributed by atoms with E-state index in [4.69, 9.17) is 5.84 Å². The van der Waals surface area contributed by atoms with Gasteiger partial charge in [0.05, 0.1) is 17.8 Å². The molecule has 0 saturated carbocycles. The molecule has 6 nitrogen and oxygen atoms in total. The minimum Gasteiger partial charge on any atom is -0.342 e. The lowest BCUT2D eigenvalue weighted by atomic mass is 10.0. The van der Waals surface area contributed by atoms with Gasteiger partial charge < -0.3 is 5.32 Å². The van der Waals surface area contributed by atoms with Crippen LogP contribution in [0.2, 0.25) is 0 Å². The van der Waals surface area contributed by atoms with Gasteiger partial charge in [-0.3, -0.25) is 20.0 Å². The number of pyridine rings is 1. The minimum atomic E-state index is -0.884. The van der Waals surface area contributed by atoms with Crippen molar-refractivity contribution in [1.82, 2.24) is 15.7 Å². The number of para-hydroxylation sites is 1. The Morgan fingerprint density at radius 1 is 0.909 bits per heavy atom. The highest BCUT2D eigenvalue weighted by molar-refractivity contribution is 6.34. The molecule has 1 heterocycles. The largest absolute Gasteiger partial charge is 0.342 e. The predicted octanol–water partition coefficient (Wildman–Crippen LogP) is 0.994. The van der Waals surface area contributed by atoms with Crippen LogP contribution in [0.4, 0.5) is 0 Å². The average Bonchev–Trinajstić information content (AvgIpc) is 2.58. The number of aromatic nitrogens is 1. The fourth-order valence-corrected chi connectivity index (χ4v) is 2.42. The number of hydrogen-bond donors (Lipinski definition) is 3. The second kappa shape index (κ2) is 5.79. The second-order valence-electron chi connectivity index (χ2n) is 4.78. The van der Waals surface area contributed by atoms with E-state index in [2.05, 4.69) is 10.3 Å². The number of carbonyl (C=O) groups excluding carboxylic acids is 2. The monoisotopic (exact) mass is 294 g/mol. The van der Waals surface area contributed by atoms with E-state index in [0.717, 1.165) is 21.7 Å². The lowest BCUT2D eigenvalue weighted by Crippen LogP contribution is -2.42. The topological polar surface area (TPSA) is 97.1 Å². The molecule has 0 spiro atoms. The quantitative estimate of drug-likeness (QED) is 0.216. The molecule has 2 aromatic carbocycles. The van der Waals surface area contributed by atoms with Crippen molar-refractivity contribution in [3.05, 3.63) is 54.2 Å². The van der Waals surface area contributed by atoms with E-state index in [-0.39, 0.29) is 6.54 Å². The third-order valence-electron chi connectivity index (χ3n) is 3.44. The van der Waals surface area contributed by atoms with E-state index in [1.807, 2.05) is 48.5 Å². The number of nitrogens with two attached hydrogens (primary N) is 1. The molecular formula is C16H14N4O2. The molecule has 0 aliphatic carbocycles. The Hall–Kier alpha value is -2.99. The lowest BCUT2D eigenvalue weighted by molar-refractivity contribution is -0.139. The van der Waals surface area contributed by atoms with Gasteiger partial charge in [-0.2, -0.15) is 0 Å². The van der Waals surface area contributed by atoms with Crippen molar-refractivity contribution < 1.29 is 9.59 Å². The van der Waals surface area contributed by atoms with Crippen LogP contribution in [0.15, 0.2) is 48.5 Å². The van der Waals surface area contributed by atoms with Crippen molar-refractivity contribution in [1.29, 1.82) is 0 Å². The number of hydrazine groups is 1. The van der Waals surface area contributed by atoms with Crippen LogP contribution in [0.5, 0.6) is 0 Å². The number of amides is 2. The molecule has 0 bridgehead atoms. The van der Waals surface area contributed by atoms with Gasteiger partial charge in [0.25, 0.3) is 0 Å². The Balaban J connectivity index is 2.04. The lowest BCUT2D eigenvalue weighted by Gasteiger charge is -2.10. The molecule has 4 N–H and O–H groups in total. The maximum atomic E-state index is 11.5. The zero-order chi connectivity index (χ0) is 15.5. The van der Waals surface area contributed by atoms with Crippen molar-refractivity contribution in [2.24, 2.45) is 5.84 Å². The molecule has 6 heteroatoms. The number of fused-ring (bicyclic) bond motifs is 3. The summed E-state index contributed by atoms with van der Waals surface area (Å²) in [5.74, 6) is 3.26. The summed E-state index contributed by atoms with van der Waals surface area (Å²) in [6.07, 6.45) is 0. The van der Waals surface area contributed by atoms with Crippen LogP contribution >= 0.6 is 0 Å². The third kappa shape index (κ3) is 2.47. The van der Waals surface area contributed by atoms with E-state index in [0.29, 0.717) is 5.69 Å². The van der Waals surface area contributed by atoms with Gasteiger partial charge in [0.1, 0.15) is 0 Å². The number of nitrogens with one attached hydrogen (secondary N) is 2. The Labute approximate surface area is 126 Å². The highest BCUT2D eigenvalue weighted by Crippen LogP contribution is 2.26. The standard InChI is InChI=1S/C16H14N4O2/c17-20-16(22)15(21)18-9-14-12-7-2-1-5-10(12)11-6-3-4-8-13(11)19-14/h1-8H,9,17H2,(H,18,21)(H,20,22). The van der Waals surface area contributed by atoms with Gasteiger partial charge in [-0.1, -0.05) is 42.5 Å². The molecule has 0 atom stereocenters. The van der Waals surface area contributed by atoms with Gasteiger partial charge in [-0.15, -0.1) is 0 Å². The summed E-state index contributed by atoms with van der Waals surface area (Å²) in [5, 5.41) is 5.56. The molecule has 1 aromatic heterocycles. The molecular weight excluding hydrogens is 280 g/mol. The van der Waals surface area contributed by atoms with Gasteiger partial charge in [-0.25, -0.2) is 5.84 Å². The molecule has 3 aromatic rings. The first-order valence-electron chi connectivity index (χ1n) is 6.76. The van der Waals surface area contributed by atoms with Crippen molar-refractivity contribution in [3.63, 3.8) is 0 Å². The summed E-state index contributed by atoms with van der Waals surface area (Å²) < 4.78 is 0. The Morgan fingerprint density at radius 2 is 1.55 bits per heavy atom. The molecule has 0 fully saturated rings. The van der Waals surface area contributed by atoms with Crippen LogP contribution in [0.3, 0.4) is 0 Å². The fraction of sp³-hybridized carbons (Fsp3) is 0.0625. The number of nitrogens with zero attached hydrogens (tertiary/aromatic N) is 1. The van der Waals surface area contributed by atoms with Gasteiger partial charge in [0.15, 0.2) is 0 Å². The summed E-state index contributed by atoms with van der Waals surface area (Å²) >= 11 is 0. The summed E-state index contributed by atoms with van der Waals surface area (Å²) in [6.45, 7) is 0.150. The van der Waals surface area contributed by atoms with E-state index in [1.54, 1.807) is 5.43 Å². The number of carbonyl (C=O) groups is 2. The first-order chi connectivity index (χ1) is 10.7. The SMILES string of the molecule is NNC(=O)C(=O)NCc1nc2ccccc2c2ccccc12. The normalized spacial score (nSPS) is 10.6. The van der Waals surface area contributed by atoms with E-state index in [1.165, 1.54) is 0 Å². The van der Waals surface area contributed by atoms with Crippen LogP contribution in [-0.2, 0) is 16.1 Å². The van der Waals surface area contributed by atoms with E-state index in [9.17, 15) is 9.59 Å². The molecule has 2 amide bonds. The fourth-order valence-electron chi connectivity index (χ4n) is 2.42. The van der Waals surface area contributed by atoms with Crippen LogP contribution in [0, 0.1) is 0 Å². The van der Waals surface area contributed by atoms with Gasteiger partial charge in [0.2, 0.25) is 0 Å². The smallest absolute Gasteiger partial charge is 0.323 e. The Bertz CT molecular complexity index is 876. The highest BCUT2D eigenvalue weighted by Gasteiger charge is 2.13. The predicted molar refractivity (Wildman–Crippen MR) is 83.4 cm³/mol. The zero-order valence-corrected chi connectivity index (χ0v) is 11.7. The molecule has 3 rings (SSSR count). The molecule has 0 aliphatic rings. The average molecular weight is 294 g/mol. The van der Waals surface area contributed by atoms with Crippen molar-refractivity contribution in [3.8, 4) is 0 Å². The van der Waals surface area contributed by atoms with E-state index >= 15 is 0 Å². The maximum Gasteiger partial charge on any atom is 0.323 e. The molecule has 0 unspecified atom stereocenters.